The van der Waals surface area contributed by atoms with Gasteiger partial charge in [0.15, 0.2) is 0 Å². The highest BCUT2D eigenvalue weighted by Gasteiger charge is 2.07. The zero-order chi connectivity index (χ0) is 14.5. The van der Waals surface area contributed by atoms with Gasteiger partial charge in [0.1, 0.15) is 9.21 Å². The largest absolute Gasteiger partial charge is 0.249 e. The fraction of sp³-hybridized carbons (Fsp3) is 0.286. The number of hydrogen-bond acceptors (Lipinski definition) is 2. The molecule has 0 bridgehead atoms. The van der Waals surface area contributed by atoms with Crippen molar-refractivity contribution in [2.24, 2.45) is 0 Å². The molecule has 0 saturated carbocycles. The van der Waals surface area contributed by atoms with E-state index < -0.39 is 0 Å². The molecule has 0 aliphatic heterocycles. The molecule has 2 rings (SSSR count). The third kappa shape index (κ3) is 4.36. The highest BCUT2D eigenvalue weighted by molar-refractivity contribution is 9.10. The Kier molecular flexibility index (Phi) is 6.65. The summed E-state index contributed by atoms with van der Waals surface area (Å²) in [6.07, 6.45) is 5.62. The van der Waals surface area contributed by atoms with Gasteiger partial charge in [0.05, 0.1) is 0 Å². The number of alkyl halides is 2. The Morgan fingerprint density at radius 2 is 1.15 bits per heavy atom. The summed E-state index contributed by atoms with van der Waals surface area (Å²) in [7, 11) is 0. The summed E-state index contributed by atoms with van der Waals surface area (Å²) in [5.74, 6) is 0. The summed E-state index contributed by atoms with van der Waals surface area (Å²) in [5, 5.41) is 1.65. The molecule has 0 aromatic carbocycles. The summed E-state index contributed by atoms with van der Waals surface area (Å²) < 4.78 is 1.84. The molecule has 0 N–H and O–H groups in total. The zero-order valence-corrected chi connectivity index (χ0v) is 16.9. The SMILES string of the molecule is BrCc1cnc(Br)c(CCc2cc(CBr)cnc2Br)c1. The van der Waals surface area contributed by atoms with Crippen LogP contribution in [0.15, 0.2) is 33.7 Å². The lowest BCUT2D eigenvalue weighted by atomic mass is 10.1. The first kappa shape index (κ1) is 16.6. The second-order valence-electron chi connectivity index (χ2n) is 4.35. The Morgan fingerprint density at radius 1 is 0.750 bits per heavy atom. The molecule has 0 radical (unpaired) electrons. The second-order valence-corrected chi connectivity index (χ2v) is 6.98. The molecule has 0 amide bonds. The van der Waals surface area contributed by atoms with Crippen LogP contribution in [-0.4, -0.2) is 9.97 Å². The van der Waals surface area contributed by atoms with Crippen molar-refractivity contribution in [2.75, 3.05) is 0 Å². The minimum Gasteiger partial charge on any atom is -0.249 e. The smallest absolute Gasteiger partial charge is 0.109 e. The lowest BCUT2D eigenvalue weighted by molar-refractivity contribution is 0.916. The van der Waals surface area contributed by atoms with Crippen molar-refractivity contribution in [1.29, 1.82) is 0 Å². The molecule has 106 valence electrons. The summed E-state index contributed by atoms with van der Waals surface area (Å²) >= 11 is 14.0. The predicted octanol–water partition coefficient (Wildman–Crippen LogP) is 5.58. The number of halogens is 4. The molecule has 6 heteroatoms. The van der Waals surface area contributed by atoms with Gasteiger partial charge in [0.2, 0.25) is 0 Å². The van der Waals surface area contributed by atoms with Crippen LogP contribution in [0.25, 0.3) is 0 Å². The monoisotopic (exact) mass is 524 g/mol. The maximum atomic E-state index is 4.37. The lowest BCUT2D eigenvalue weighted by Crippen LogP contribution is -1.98. The Hall–Kier alpha value is 0.220. The highest BCUT2D eigenvalue weighted by Crippen LogP contribution is 2.22. The Bertz CT molecular complexity index is 548. The van der Waals surface area contributed by atoms with E-state index in [9.17, 15) is 0 Å². The Morgan fingerprint density at radius 3 is 1.50 bits per heavy atom. The molecule has 0 saturated heterocycles. The van der Waals surface area contributed by atoms with Crippen LogP contribution in [0.4, 0.5) is 0 Å². The van der Waals surface area contributed by atoms with Crippen molar-refractivity contribution in [2.45, 2.75) is 23.5 Å². The van der Waals surface area contributed by atoms with Gasteiger partial charge in [0, 0.05) is 23.1 Å². The Balaban J connectivity index is 2.16. The first-order chi connectivity index (χ1) is 9.63. The van der Waals surface area contributed by atoms with Gasteiger partial charge >= 0.3 is 0 Å². The molecule has 0 spiro atoms. The quantitative estimate of drug-likeness (QED) is 0.375. The molecule has 20 heavy (non-hydrogen) atoms. The van der Waals surface area contributed by atoms with Crippen molar-refractivity contribution in [3.8, 4) is 0 Å². The maximum Gasteiger partial charge on any atom is 0.109 e. The molecule has 0 aliphatic rings. The topological polar surface area (TPSA) is 25.8 Å². The van der Waals surface area contributed by atoms with E-state index in [-0.39, 0.29) is 0 Å². The number of aromatic nitrogens is 2. The van der Waals surface area contributed by atoms with Gasteiger partial charge in [-0.15, -0.1) is 0 Å². The van der Waals surface area contributed by atoms with E-state index in [0.29, 0.717) is 0 Å². The van der Waals surface area contributed by atoms with Crippen molar-refractivity contribution < 1.29 is 0 Å². The van der Waals surface area contributed by atoms with Gasteiger partial charge in [-0.3, -0.25) is 0 Å². The van der Waals surface area contributed by atoms with Gasteiger partial charge in [0.25, 0.3) is 0 Å². The molecular formula is C14H12Br4N2. The van der Waals surface area contributed by atoms with Crippen LogP contribution in [0.2, 0.25) is 0 Å². The standard InChI is InChI=1S/C14H12Br4N2/c15-5-9-3-11(13(17)19-7-9)1-2-12-4-10(6-16)8-20-14(12)18/h3-4,7-8H,1-2,5-6H2. The molecular weight excluding hydrogens is 516 g/mol. The number of aryl methyl sites for hydroxylation is 2. The van der Waals surface area contributed by atoms with Gasteiger partial charge in [-0.25, -0.2) is 9.97 Å². The van der Waals surface area contributed by atoms with E-state index in [2.05, 4.69) is 85.8 Å². The summed E-state index contributed by atoms with van der Waals surface area (Å²) in [4.78, 5) is 8.74. The highest BCUT2D eigenvalue weighted by atomic mass is 79.9. The summed E-state index contributed by atoms with van der Waals surface area (Å²) in [6.45, 7) is 0. The van der Waals surface area contributed by atoms with Crippen LogP contribution in [0, 0.1) is 0 Å². The summed E-state index contributed by atoms with van der Waals surface area (Å²) in [5.41, 5.74) is 4.82. The first-order valence-corrected chi connectivity index (χ1v) is 9.85. The molecule has 0 unspecified atom stereocenters. The maximum absolute atomic E-state index is 4.37. The van der Waals surface area contributed by atoms with Crippen molar-refractivity contribution >= 4 is 63.7 Å². The minimum absolute atomic E-state index is 0.824. The fourth-order valence-electron chi connectivity index (χ4n) is 1.85. The van der Waals surface area contributed by atoms with Crippen LogP contribution < -0.4 is 0 Å². The lowest BCUT2D eigenvalue weighted by Gasteiger charge is -2.08. The van der Waals surface area contributed by atoms with Gasteiger partial charge in [-0.05, 0) is 67.0 Å². The zero-order valence-electron chi connectivity index (χ0n) is 10.5. The molecule has 0 aliphatic carbocycles. The normalized spacial score (nSPS) is 10.8. The van der Waals surface area contributed by atoms with E-state index in [4.69, 9.17) is 0 Å². The fourth-order valence-corrected chi connectivity index (χ4v) is 3.30. The third-order valence-electron chi connectivity index (χ3n) is 2.91. The predicted molar refractivity (Wildman–Crippen MR) is 96.5 cm³/mol. The van der Waals surface area contributed by atoms with Gasteiger partial charge in [-0.2, -0.15) is 0 Å². The number of rotatable bonds is 5. The first-order valence-electron chi connectivity index (χ1n) is 6.02. The van der Waals surface area contributed by atoms with Crippen molar-refractivity contribution in [3.63, 3.8) is 0 Å². The van der Waals surface area contributed by atoms with E-state index in [1.807, 2.05) is 12.4 Å². The van der Waals surface area contributed by atoms with Gasteiger partial charge in [-0.1, -0.05) is 44.0 Å². The number of hydrogen-bond donors (Lipinski definition) is 0. The van der Waals surface area contributed by atoms with E-state index in [0.717, 1.165) is 32.7 Å². The van der Waals surface area contributed by atoms with Gasteiger partial charge < -0.3 is 0 Å². The second kappa shape index (κ2) is 8.01. The molecule has 2 aromatic rings. The number of nitrogens with zero attached hydrogens (tertiary/aromatic N) is 2. The van der Waals surface area contributed by atoms with Crippen LogP contribution in [0.3, 0.4) is 0 Å². The molecule has 0 fully saturated rings. The van der Waals surface area contributed by atoms with Crippen molar-refractivity contribution in [3.05, 3.63) is 56.0 Å². The number of pyridine rings is 2. The molecule has 2 nitrogen and oxygen atoms in total. The molecule has 0 atom stereocenters. The van der Waals surface area contributed by atoms with E-state index in [1.165, 1.54) is 22.3 Å². The third-order valence-corrected chi connectivity index (χ3v) is 5.63. The average Bonchev–Trinajstić information content (AvgIpc) is 2.48. The van der Waals surface area contributed by atoms with Crippen LogP contribution in [0.1, 0.15) is 22.3 Å². The van der Waals surface area contributed by atoms with E-state index >= 15 is 0 Å². The molecule has 2 aromatic heterocycles. The molecule has 2 heterocycles. The Labute approximate surface area is 152 Å². The minimum atomic E-state index is 0.824. The van der Waals surface area contributed by atoms with Crippen molar-refractivity contribution in [1.82, 2.24) is 9.97 Å². The van der Waals surface area contributed by atoms with E-state index in [1.54, 1.807) is 0 Å². The van der Waals surface area contributed by atoms with Crippen LogP contribution in [0.5, 0.6) is 0 Å². The van der Waals surface area contributed by atoms with Crippen LogP contribution >= 0.6 is 63.7 Å². The summed E-state index contributed by atoms with van der Waals surface area (Å²) in [6, 6.07) is 4.36. The van der Waals surface area contributed by atoms with Crippen LogP contribution in [-0.2, 0) is 23.5 Å². The average molecular weight is 528 g/mol.